The first-order valence-electron chi connectivity index (χ1n) is 6.61. The Kier molecular flexibility index (Phi) is 4.56. The van der Waals surface area contributed by atoms with Gasteiger partial charge in [-0.2, -0.15) is 5.26 Å². The van der Waals surface area contributed by atoms with Gasteiger partial charge < -0.3 is 9.84 Å². The molecule has 0 unspecified atom stereocenters. The number of aryl methyl sites for hydroxylation is 1. The van der Waals surface area contributed by atoms with E-state index in [1.807, 2.05) is 6.92 Å². The molecule has 0 saturated carbocycles. The highest BCUT2D eigenvalue weighted by Gasteiger charge is 2.09. The van der Waals surface area contributed by atoms with Crippen LogP contribution in [-0.4, -0.2) is 5.11 Å². The van der Waals surface area contributed by atoms with Crippen molar-refractivity contribution in [3.63, 3.8) is 0 Å². The Hall–Kier alpha value is -2.38. The first-order chi connectivity index (χ1) is 10.0. The minimum Gasteiger partial charge on any atom is -0.486 e. The van der Waals surface area contributed by atoms with Crippen molar-refractivity contribution >= 4 is 0 Å². The summed E-state index contributed by atoms with van der Waals surface area (Å²) in [5.74, 6) is -0.358. The zero-order chi connectivity index (χ0) is 15.4. The van der Waals surface area contributed by atoms with Crippen LogP contribution in [0.1, 0.15) is 35.3 Å². The molecule has 108 valence electrons. The van der Waals surface area contributed by atoms with Crippen LogP contribution in [0.5, 0.6) is 5.75 Å². The lowest BCUT2D eigenvalue weighted by Gasteiger charge is -2.11. The summed E-state index contributed by atoms with van der Waals surface area (Å²) in [6.45, 7) is 3.68. The van der Waals surface area contributed by atoms with Crippen LogP contribution in [0.3, 0.4) is 0 Å². The van der Waals surface area contributed by atoms with Crippen molar-refractivity contribution in [2.24, 2.45) is 0 Å². The summed E-state index contributed by atoms with van der Waals surface area (Å²) < 4.78 is 19.3. The van der Waals surface area contributed by atoms with E-state index < -0.39 is 11.9 Å². The second-order valence-electron chi connectivity index (χ2n) is 4.91. The summed E-state index contributed by atoms with van der Waals surface area (Å²) >= 11 is 0. The molecule has 0 aliphatic rings. The lowest BCUT2D eigenvalue weighted by molar-refractivity contribution is 0.198. The maximum Gasteiger partial charge on any atom is 0.165 e. The van der Waals surface area contributed by atoms with Crippen molar-refractivity contribution in [1.82, 2.24) is 0 Å². The van der Waals surface area contributed by atoms with E-state index in [1.165, 1.54) is 12.1 Å². The summed E-state index contributed by atoms with van der Waals surface area (Å²) in [4.78, 5) is 0. The zero-order valence-corrected chi connectivity index (χ0v) is 11.9. The molecular formula is C17H16FNO2. The summed E-state index contributed by atoms with van der Waals surface area (Å²) in [7, 11) is 0. The standard InChI is InChI=1S/C17H16FNO2/c1-11-7-13(9-19)3-4-15(11)10-21-17-6-5-14(12(2)20)8-16(17)18/h3-8,12,20H,10H2,1-2H3/t12-/m1/s1. The van der Waals surface area contributed by atoms with Gasteiger partial charge in [-0.25, -0.2) is 4.39 Å². The summed E-state index contributed by atoms with van der Waals surface area (Å²) in [5.41, 5.74) is 2.92. The lowest BCUT2D eigenvalue weighted by Crippen LogP contribution is -2.01. The first kappa shape index (κ1) is 15.0. The highest BCUT2D eigenvalue weighted by Crippen LogP contribution is 2.23. The SMILES string of the molecule is Cc1cc(C#N)ccc1COc1ccc([C@@H](C)O)cc1F. The number of aliphatic hydroxyl groups is 1. The van der Waals surface area contributed by atoms with Crippen molar-refractivity contribution in [2.75, 3.05) is 0 Å². The van der Waals surface area contributed by atoms with Gasteiger partial charge >= 0.3 is 0 Å². The minimum atomic E-state index is -0.714. The van der Waals surface area contributed by atoms with Crippen LogP contribution in [0.4, 0.5) is 4.39 Å². The summed E-state index contributed by atoms with van der Waals surface area (Å²) in [6, 6.07) is 11.8. The number of hydrogen-bond donors (Lipinski definition) is 1. The maximum atomic E-state index is 13.9. The van der Waals surface area contributed by atoms with Gasteiger partial charge in [0.15, 0.2) is 11.6 Å². The number of nitriles is 1. The zero-order valence-electron chi connectivity index (χ0n) is 11.9. The molecule has 2 rings (SSSR count). The first-order valence-corrected chi connectivity index (χ1v) is 6.61. The van der Waals surface area contributed by atoms with Crippen molar-refractivity contribution in [2.45, 2.75) is 26.6 Å². The molecule has 0 heterocycles. The molecule has 0 radical (unpaired) electrons. The smallest absolute Gasteiger partial charge is 0.165 e. The normalized spacial score (nSPS) is 11.8. The maximum absolute atomic E-state index is 13.9. The van der Waals surface area contributed by atoms with E-state index >= 15 is 0 Å². The van der Waals surface area contributed by atoms with Crippen LogP contribution in [0.25, 0.3) is 0 Å². The van der Waals surface area contributed by atoms with Gasteiger partial charge in [0, 0.05) is 0 Å². The number of ether oxygens (including phenoxy) is 1. The summed E-state index contributed by atoms with van der Waals surface area (Å²) in [5, 5.41) is 18.2. The second-order valence-corrected chi connectivity index (χ2v) is 4.91. The van der Waals surface area contributed by atoms with Crippen molar-refractivity contribution < 1.29 is 14.2 Å². The molecule has 1 atom stereocenters. The van der Waals surface area contributed by atoms with Crippen LogP contribution < -0.4 is 4.74 Å². The molecule has 0 spiro atoms. The largest absolute Gasteiger partial charge is 0.486 e. The van der Waals surface area contributed by atoms with E-state index in [4.69, 9.17) is 10.00 Å². The van der Waals surface area contributed by atoms with Crippen LogP contribution in [-0.2, 0) is 6.61 Å². The van der Waals surface area contributed by atoms with E-state index in [0.29, 0.717) is 11.1 Å². The fraction of sp³-hybridized carbons (Fsp3) is 0.235. The molecule has 2 aromatic rings. The van der Waals surface area contributed by atoms with Crippen molar-refractivity contribution in [3.05, 3.63) is 64.5 Å². The Morgan fingerprint density at radius 3 is 2.62 bits per heavy atom. The molecule has 1 N–H and O–H groups in total. The Morgan fingerprint density at radius 2 is 2.05 bits per heavy atom. The molecule has 21 heavy (non-hydrogen) atoms. The molecule has 0 fully saturated rings. The fourth-order valence-corrected chi connectivity index (χ4v) is 1.98. The quantitative estimate of drug-likeness (QED) is 0.933. The van der Waals surface area contributed by atoms with Gasteiger partial charge in [0.2, 0.25) is 0 Å². The highest BCUT2D eigenvalue weighted by molar-refractivity contribution is 5.37. The molecule has 4 heteroatoms. The number of nitrogens with zero attached hydrogens (tertiary/aromatic N) is 1. The molecule has 2 aromatic carbocycles. The van der Waals surface area contributed by atoms with E-state index in [2.05, 4.69) is 6.07 Å². The van der Waals surface area contributed by atoms with Gasteiger partial charge in [0.1, 0.15) is 6.61 Å². The second kappa shape index (κ2) is 6.38. The van der Waals surface area contributed by atoms with E-state index in [-0.39, 0.29) is 12.4 Å². The predicted octanol–water partition coefficient (Wildman–Crippen LogP) is 3.64. The predicted molar refractivity (Wildman–Crippen MR) is 77.3 cm³/mol. The molecule has 3 nitrogen and oxygen atoms in total. The molecule has 0 aromatic heterocycles. The lowest BCUT2D eigenvalue weighted by atomic mass is 10.1. The van der Waals surface area contributed by atoms with Crippen LogP contribution >= 0.6 is 0 Å². The van der Waals surface area contributed by atoms with Gasteiger partial charge in [-0.05, 0) is 54.8 Å². The highest BCUT2D eigenvalue weighted by atomic mass is 19.1. The third-order valence-electron chi connectivity index (χ3n) is 3.29. The van der Waals surface area contributed by atoms with Gasteiger partial charge in [-0.15, -0.1) is 0 Å². The number of aliphatic hydroxyl groups excluding tert-OH is 1. The Morgan fingerprint density at radius 1 is 1.29 bits per heavy atom. The van der Waals surface area contributed by atoms with E-state index in [1.54, 1.807) is 31.2 Å². The third-order valence-corrected chi connectivity index (χ3v) is 3.29. The monoisotopic (exact) mass is 285 g/mol. The number of halogens is 1. The third kappa shape index (κ3) is 3.59. The van der Waals surface area contributed by atoms with E-state index in [9.17, 15) is 9.50 Å². The molecule has 0 bridgehead atoms. The topological polar surface area (TPSA) is 53.2 Å². The summed E-state index contributed by atoms with van der Waals surface area (Å²) in [6.07, 6.45) is -0.714. The van der Waals surface area contributed by atoms with Crippen LogP contribution in [0.15, 0.2) is 36.4 Å². The Balaban J connectivity index is 2.12. The Labute approximate surface area is 123 Å². The molecular weight excluding hydrogens is 269 g/mol. The number of rotatable bonds is 4. The van der Waals surface area contributed by atoms with Gasteiger partial charge in [-0.3, -0.25) is 0 Å². The molecule has 0 amide bonds. The van der Waals surface area contributed by atoms with Crippen LogP contribution in [0.2, 0.25) is 0 Å². The van der Waals surface area contributed by atoms with Gasteiger partial charge in [0.05, 0.1) is 17.7 Å². The average molecular weight is 285 g/mol. The fourth-order valence-electron chi connectivity index (χ4n) is 1.98. The molecule has 0 saturated heterocycles. The minimum absolute atomic E-state index is 0.142. The average Bonchev–Trinajstić information content (AvgIpc) is 2.46. The van der Waals surface area contributed by atoms with E-state index in [0.717, 1.165) is 11.1 Å². The van der Waals surface area contributed by atoms with Gasteiger partial charge in [-0.1, -0.05) is 12.1 Å². The van der Waals surface area contributed by atoms with Crippen molar-refractivity contribution in [1.29, 1.82) is 5.26 Å². The van der Waals surface area contributed by atoms with Gasteiger partial charge in [0.25, 0.3) is 0 Å². The molecule has 0 aliphatic carbocycles. The van der Waals surface area contributed by atoms with Crippen LogP contribution in [0, 0.1) is 24.1 Å². The Bertz CT molecular complexity index is 690. The molecule has 0 aliphatic heterocycles. The van der Waals surface area contributed by atoms with Crippen molar-refractivity contribution in [3.8, 4) is 11.8 Å². The number of benzene rings is 2. The number of hydrogen-bond acceptors (Lipinski definition) is 3.